The molecule has 0 saturated heterocycles. The molecule has 2 atom stereocenters. The molecule has 1 N–H and O–H groups in total. The van der Waals surface area contributed by atoms with Crippen molar-refractivity contribution in [3.63, 3.8) is 0 Å². The van der Waals surface area contributed by atoms with E-state index < -0.39 is 0 Å². The van der Waals surface area contributed by atoms with Crippen molar-refractivity contribution in [2.24, 2.45) is 0 Å². The number of halogens is 1. The molecule has 2 rings (SSSR count). The van der Waals surface area contributed by atoms with Gasteiger partial charge in [0.05, 0.1) is 12.0 Å². The monoisotopic (exact) mass is 286 g/mol. The van der Waals surface area contributed by atoms with Crippen LogP contribution in [-0.4, -0.2) is 16.7 Å². The second-order valence-electron chi connectivity index (χ2n) is 4.54. The van der Waals surface area contributed by atoms with Gasteiger partial charge in [0.15, 0.2) is 0 Å². The van der Waals surface area contributed by atoms with E-state index in [2.05, 4.69) is 11.1 Å². The molecule has 2 aromatic rings. The lowest BCUT2D eigenvalue weighted by molar-refractivity contribution is 0.271. The molecule has 0 bridgehead atoms. The molecule has 1 aromatic heterocycles. The summed E-state index contributed by atoms with van der Waals surface area (Å²) in [6.45, 7) is 0.00384. The number of aliphatic hydroxyl groups excluding tert-OH is 1. The molecule has 0 aliphatic carbocycles. The van der Waals surface area contributed by atoms with Gasteiger partial charge < -0.3 is 5.11 Å². The summed E-state index contributed by atoms with van der Waals surface area (Å²) in [6.07, 6.45) is 2.10. The number of nitriles is 1. The second kappa shape index (κ2) is 7.04. The van der Waals surface area contributed by atoms with Crippen LogP contribution in [0.1, 0.15) is 29.5 Å². The number of hydrogen-bond donors (Lipinski definition) is 1. The normalized spacial score (nSPS) is 13.4. The van der Waals surface area contributed by atoms with Gasteiger partial charge in [-0.1, -0.05) is 41.9 Å². The molecule has 1 heterocycles. The maximum atomic E-state index is 9.51. The van der Waals surface area contributed by atoms with Crippen LogP contribution in [0.5, 0.6) is 0 Å². The van der Waals surface area contributed by atoms with E-state index >= 15 is 0 Å². The molecule has 1 aromatic carbocycles. The Labute approximate surface area is 123 Å². The predicted octanol–water partition coefficient (Wildman–Crippen LogP) is 3.51. The van der Waals surface area contributed by atoms with Crippen LogP contribution in [0.15, 0.2) is 48.7 Å². The lowest BCUT2D eigenvalue weighted by atomic mass is 9.82. The van der Waals surface area contributed by atoms with E-state index in [-0.39, 0.29) is 18.4 Å². The Morgan fingerprint density at radius 2 is 2.00 bits per heavy atom. The van der Waals surface area contributed by atoms with Crippen molar-refractivity contribution < 1.29 is 5.11 Å². The summed E-state index contributed by atoms with van der Waals surface area (Å²) in [5.41, 5.74) is 1.66. The molecule has 0 aliphatic heterocycles. The van der Waals surface area contributed by atoms with Crippen LogP contribution in [0.25, 0.3) is 0 Å². The van der Waals surface area contributed by atoms with Crippen LogP contribution < -0.4 is 0 Å². The van der Waals surface area contributed by atoms with E-state index in [1.165, 1.54) is 0 Å². The minimum atomic E-state index is -0.352. The number of nitrogens with zero attached hydrogens (tertiary/aromatic N) is 2. The first-order chi connectivity index (χ1) is 9.76. The maximum absolute atomic E-state index is 9.51. The summed E-state index contributed by atoms with van der Waals surface area (Å²) < 4.78 is 0. The summed E-state index contributed by atoms with van der Waals surface area (Å²) in [6, 6.07) is 15.3. The van der Waals surface area contributed by atoms with Gasteiger partial charge in [-0.15, -0.1) is 0 Å². The highest BCUT2D eigenvalue weighted by Gasteiger charge is 2.25. The molecule has 0 unspecified atom stereocenters. The van der Waals surface area contributed by atoms with Gasteiger partial charge in [0, 0.05) is 29.4 Å². The topological polar surface area (TPSA) is 56.9 Å². The Hall–Kier alpha value is -1.89. The smallest absolute Gasteiger partial charge is 0.0797 e. The Kier molecular flexibility index (Phi) is 5.11. The van der Waals surface area contributed by atoms with Gasteiger partial charge in [0.1, 0.15) is 0 Å². The zero-order chi connectivity index (χ0) is 14.4. The first-order valence-corrected chi connectivity index (χ1v) is 6.81. The van der Waals surface area contributed by atoms with Gasteiger partial charge in [-0.3, -0.25) is 4.98 Å². The lowest BCUT2D eigenvalue weighted by Crippen LogP contribution is -2.13. The van der Waals surface area contributed by atoms with Gasteiger partial charge in [0.25, 0.3) is 0 Å². The number of aromatic nitrogens is 1. The van der Waals surface area contributed by atoms with Crippen molar-refractivity contribution in [2.45, 2.75) is 18.3 Å². The Balaban J connectivity index is 2.39. The van der Waals surface area contributed by atoms with Gasteiger partial charge in [-0.25, -0.2) is 0 Å². The molecule has 20 heavy (non-hydrogen) atoms. The third-order valence-electron chi connectivity index (χ3n) is 3.26. The molecular formula is C16H15ClN2O. The standard InChI is InChI=1S/C16H15ClN2O/c17-13-6-8-19-16(10-13)14(7-9-20)15(11-18)12-4-2-1-3-5-12/h1-6,8,10,14-15,20H,7,9H2/t14-,15-/m1/s1. The molecule has 0 saturated carbocycles. The largest absolute Gasteiger partial charge is 0.396 e. The summed E-state index contributed by atoms with van der Waals surface area (Å²) in [5, 5.41) is 19.4. The van der Waals surface area contributed by atoms with Gasteiger partial charge in [-0.2, -0.15) is 5.26 Å². The molecule has 0 radical (unpaired) electrons. The van der Waals surface area contributed by atoms with Crippen molar-refractivity contribution in [3.8, 4) is 6.07 Å². The van der Waals surface area contributed by atoms with Crippen LogP contribution in [-0.2, 0) is 0 Å². The molecule has 4 heteroatoms. The molecule has 0 aliphatic rings. The van der Waals surface area contributed by atoms with E-state index in [9.17, 15) is 10.4 Å². The number of benzene rings is 1. The van der Waals surface area contributed by atoms with Crippen molar-refractivity contribution in [3.05, 3.63) is 64.9 Å². The average molecular weight is 287 g/mol. The molecule has 102 valence electrons. The summed E-state index contributed by atoms with van der Waals surface area (Å²) in [4.78, 5) is 4.31. The van der Waals surface area contributed by atoms with E-state index in [1.54, 1.807) is 18.3 Å². The highest BCUT2D eigenvalue weighted by molar-refractivity contribution is 6.30. The molecule has 0 fully saturated rings. The van der Waals surface area contributed by atoms with Crippen LogP contribution in [0.3, 0.4) is 0 Å². The van der Waals surface area contributed by atoms with Gasteiger partial charge in [0.2, 0.25) is 0 Å². The average Bonchev–Trinajstić information content (AvgIpc) is 2.48. The zero-order valence-electron chi connectivity index (χ0n) is 10.9. The molecular weight excluding hydrogens is 272 g/mol. The Morgan fingerprint density at radius 3 is 2.60 bits per heavy atom. The van der Waals surface area contributed by atoms with Crippen molar-refractivity contribution in [1.29, 1.82) is 5.26 Å². The number of aliphatic hydroxyl groups is 1. The minimum absolute atomic E-state index is 0.00384. The van der Waals surface area contributed by atoms with Crippen LogP contribution in [0.2, 0.25) is 5.02 Å². The Bertz CT molecular complexity index is 595. The highest BCUT2D eigenvalue weighted by atomic mass is 35.5. The van der Waals surface area contributed by atoms with Crippen molar-refractivity contribution in [2.75, 3.05) is 6.61 Å². The third kappa shape index (κ3) is 3.36. The van der Waals surface area contributed by atoms with E-state index in [0.717, 1.165) is 11.3 Å². The van der Waals surface area contributed by atoms with E-state index in [1.807, 2.05) is 30.3 Å². The third-order valence-corrected chi connectivity index (χ3v) is 3.50. The minimum Gasteiger partial charge on any atom is -0.396 e. The molecule has 0 amide bonds. The van der Waals surface area contributed by atoms with Crippen molar-refractivity contribution in [1.82, 2.24) is 4.98 Å². The molecule has 3 nitrogen and oxygen atoms in total. The number of pyridine rings is 1. The van der Waals surface area contributed by atoms with E-state index in [0.29, 0.717) is 11.4 Å². The quantitative estimate of drug-likeness (QED) is 0.915. The molecule has 0 spiro atoms. The van der Waals surface area contributed by atoms with Crippen LogP contribution in [0, 0.1) is 11.3 Å². The fraction of sp³-hybridized carbons (Fsp3) is 0.250. The lowest BCUT2D eigenvalue weighted by Gasteiger charge is -2.21. The fourth-order valence-electron chi connectivity index (χ4n) is 2.31. The van der Waals surface area contributed by atoms with Crippen molar-refractivity contribution >= 4 is 11.6 Å². The van der Waals surface area contributed by atoms with Gasteiger partial charge >= 0.3 is 0 Å². The highest BCUT2D eigenvalue weighted by Crippen LogP contribution is 2.34. The number of rotatable bonds is 5. The number of hydrogen-bond acceptors (Lipinski definition) is 3. The first-order valence-electron chi connectivity index (χ1n) is 6.43. The summed E-state index contributed by atoms with van der Waals surface area (Å²) in [5.74, 6) is -0.527. The zero-order valence-corrected chi connectivity index (χ0v) is 11.7. The summed E-state index contributed by atoms with van der Waals surface area (Å²) >= 11 is 6.00. The van der Waals surface area contributed by atoms with Gasteiger partial charge in [-0.05, 0) is 24.1 Å². The maximum Gasteiger partial charge on any atom is 0.0797 e. The first kappa shape index (κ1) is 14.5. The fourth-order valence-corrected chi connectivity index (χ4v) is 2.47. The second-order valence-corrected chi connectivity index (χ2v) is 4.97. The van der Waals surface area contributed by atoms with Crippen LogP contribution >= 0.6 is 11.6 Å². The summed E-state index contributed by atoms with van der Waals surface area (Å²) in [7, 11) is 0. The SMILES string of the molecule is N#C[C@H](c1ccccc1)[C@@H](CCO)c1cc(Cl)ccn1. The predicted molar refractivity (Wildman–Crippen MR) is 78.5 cm³/mol. The van der Waals surface area contributed by atoms with Crippen LogP contribution in [0.4, 0.5) is 0 Å². The Morgan fingerprint density at radius 1 is 1.25 bits per heavy atom. The van der Waals surface area contributed by atoms with E-state index in [4.69, 9.17) is 11.6 Å².